The summed E-state index contributed by atoms with van der Waals surface area (Å²) in [5.74, 6) is 1.24. The molecule has 148 valence electrons. The van der Waals surface area contributed by atoms with Crippen molar-refractivity contribution in [3.05, 3.63) is 45.6 Å². The van der Waals surface area contributed by atoms with E-state index in [2.05, 4.69) is 61.9 Å². The molecule has 8 heteroatoms. The van der Waals surface area contributed by atoms with Gasteiger partial charge in [-0.3, -0.25) is 9.88 Å². The maximum atomic E-state index is 5.33. The van der Waals surface area contributed by atoms with Crippen LogP contribution in [0.5, 0.6) is 0 Å². The minimum atomic E-state index is 0.376. The van der Waals surface area contributed by atoms with Crippen molar-refractivity contribution >= 4 is 32.5 Å². The van der Waals surface area contributed by atoms with E-state index in [4.69, 9.17) is 14.2 Å². The first-order valence-electron chi connectivity index (χ1n) is 9.39. The number of methoxy groups -OCH3 is 1. The summed E-state index contributed by atoms with van der Waals surface area (Å²) in [6, 6.07) is 6.30. The number of nitrogens with zero attached hydrogens (tertiary/aromatic N) is 5. The molecule has 2 aromatic heterocycles. The summed E-state index contributed by atoms with van der Waals surface area (Å²) < 4.78 is 11.4. The number of halogens is 1. The van der Waals surface area contributed by atoms with Gasteiger partial charge in [-0.05, 0) is 37.6 Å². The number of benzene rings is 1. The molecule has 1 aromatic carbocycles. The van der Waals surface area contributed by atoms with Crippen molar-refractivity contribution < 1.29 is 9.26 Å². The molecule has 1 saturated heterocycles. The van der Waals surface area contributed by atoms with Crippen LogP contribution in [0.1, 0.15) is 23.0 Å². The maximum absolute atomic E-state index is 5.33. The van der Waals surface area contributed by atoms with Gasteiger partial charge in [-0.1, -0.05) is 21.1 Å². The average Bonchev–Trinajstić information content (AvgIpc) is 3.12. The van der Waals surface area contributed by atoms with Crippen LogP contribution >= 0.6 is 15.9 Å². The molecule has 0 atom stereocenters. The van der Waals surface area contributed by atoms with E-state index in [9.17, 15) is 0 Å². The lowest BCUT2D eigenvalue weighted by Gasteiger charge is -2.37. The predicted molar refractivity (Wildman–Crippen MR) is 111 cm³/mol. The second kappa shape index (κ2) is 8.14. The molecule has 0 bridgehead atoms. The molecule has 28 heavy (non-hydrogen) atoms. The zero-order valence-corrected chi connectivity index (χ0v) is 18.0. The van der Waals surface area contributed by atoms with Crippen LogP contribution in [0.4, 0.5) is 5.69 Å². The molecular weight excluding hydrogens is 422 g/mol. The lowest BCUT2D eigenvalue weighted by Crippen LogP contribution is -2.46. The van der Waals surface area contributed by atoms with Gasteiger partial charge in [0.15, 0.2) is 5.82 Å². The summed E-state index contributed by atoms with van der Waals surface area (Å²) in [4.78, 5) is 14.0. The summed E-state index contributed by atoms with van der Waals surface area (Å²) in [6.07, 6.45) is 0. The van der Waals surface area contributed by atoms with E-state index in [-0.39, 0.29) is 0 Å². The monoisotopic (exact) mass is 445 g/mol. The predicted octanol–water partition coefficient (Wildman–Crippen LogP) is 3.47. The van der Waals surface area contributed by atoms with Gasteiger partial charge in [0.1, 0.15) is 6.61 Å². The number of fused-ring (bicyclic) bond motifs is 1. The first-order chi connectivity index (χ1) is 13.5. The molecule has 7 nitrogen and oxygen atoms in total. The highest BCUT2D eigenvalue weighted by molar-refractivity contribution is 9.10. The molecule has 0 radical (unpaired) electrons. The molecule has 0 aliphatic carbocycles. The number of aromatic nitrogens is 3. The highest BCUT2D eigenvalue weighted by atomic mass is 79.9. The first kappa shape index (κ1) is 19.3. The third-order valence-electron chi connectivity index (χ3n) is 5.23. The number of piperazine rings is 1. The number of rotatable bonds is 5. The van der Waals surface area contributed by atoms with E-state index in [1.165, 1.54) is 16.6 Å². The summed E-state index contributed by atoms with van der Waals surface area (Å²) in [5.41, 5.74) is 4.67. The van der Waals surface area contributed by atoms with E-state index < -0.39 is 0 Å². The van der Waals surface area contributed by atoms with Crippen LogP contribution < -0.4 is 4.90 Å². The number of pyridine rings is 1. The molecule has 0 unspecified atom stereocenters. The number of ether oxygens (including phenoxy) is 1. The Hall–Kier alpha value is -2.03. The Morgan fingerprint density at radius 1 is 1.14 bits per heavy atom. The topological polar surface area (TPSA) is 67.5 Å². The number of hydrogen-bond acceptors (Lipinski definition) is 7. The largest absolute Gasteiger partial charge is 0.377 e. The van der Waals surface area contributed by atoms with Gasteiger partial charge < -0.3 is 14.2 Å². The highest BCUT2D eigenvalue weighted by Gasteiger charge is 2.23. The highest BCUT2D eigenvalue weighted by Crippen LogP contribution is 2.33. The van der Waals surface area contributed by atoms with Crippen LogP contribution in [-0.2, 0) is 17.9 Å². The molecule has 1 aliphatic rings. The van der Waals surface area contributed by atoms with Crippen molar-refractivity contribution in [3.8, 4) is 0 Å². The Bertz CT molecular complexity index is 982. The van der Waals surface area contributed by atoms with Gasteiger partial charge in [0.2, 0.25) is 5.89 Å². The quantitative estimate of drug-likeness (QED) is 0.595. The molecule has 0 N–H and O–H groups in total. The van der Waals surface area contributed by atoms with Crippen LogP contribution in [0.25, 0.3) is 10.9 Å². The van der Waals surface area contributed by atoms with Crippen molar-refractivity contribution in [2.45, 2.75) is 27.0 Å². The second-order valence-corrected chi connectivity index (χ2v) is 8.05. The van der Waals surface area contributed by atoms with Crippen LogP contribution in [0.15, 0.2) is 27.2 Å². The van der Waals surface area contributed by atoms with Gasteiger partial charge in [0, 0.05) is 48.8 Å². The SMILES string of the molecule is COCc1noc(CN2CCN(c3c(C)c(C)nc4ccc(Br)cc34)CC2)n1. The van der Waals surface area contributed by atoms with Gasteiger partial charge in [0.05, 0.1) is 17.7 Å². The summed E-state index contributed by atoms with van der Waals surface area (Å²) in [5, 5.41) is 5.14. The number of aryl methyl sites for hydroxylation is 1. The first-order valence-corrected chi connectivity index (χ1v) is 10.2. The Kier molecular flexibility index (Phi) is 5.61. The van der Waals surface area contributed by atoms with Gasteiger partial charge in [-0.15, -0.1) is 0 Å². The molecule has 3 aromatic rings. The fourth-order valence-corrected chi connectivity index (χ4v) is 4.06. The van der Waals surface area contributed by atoms with Gasteiger partial charge in [-0.2, -0.15) is 4.98 Å². The minimum absolute atomic E-state index is 0.376. The molecule has 0 amide bonds. The van der Waals surface area contributed by atoms with Crippen LogP contribution in [0, 0.1) is 13.8 Å². The van der Waals surface area contributed by atoms with Crippen molar-refractivity contribution in [3.63, 3.8) is 0 Å². The van der Waals surface area contributed by atoms with E-state index in [0.717, 1.165) is 41.9 Å². The Labute approximate surface area is 172 Å². The van der Waals surface area contributed by atoms with Crippen molar-refractivity contribution in [1.29, 1.82) is 0 Å². The van der Waals surface area contributed by atoms with Crippen LogP contribution in [0.3, 0.4) is 0 Å². The average molecular weight is 446 g/mol. The third-order valence-corrected chi connectivity index (χ3v) is 5.72. The molecule has 0 saturated carbocycles. The zero-order valence-electron chi connectivity index (χ0n) is 16.4. The fraction of sp³-hybridized carbons (Fsp3) is 0.450. The molecule has 1 aliphatic heterocycles. The van der Waals surface area contributed by atoms with E-state index in [0.29, 0.717) is 24.9 Å². The fourth-order valence-electron chi connectivity index (χ4n) is 3.70. The zero-order chi connectivity index (χ0) is 19.7. The smallest absolute Gasteiger partial charge is 0.240 e. The van der Waals surface area contributed by atoms with Gasteiger partial charge in [-0.25, -0.2) is 0 Å². The van der Waals surface area contributed by atoms with Crippen molar-refractivity contribution in [2.75, 3.05) is 38.2 Å². The van der Waals surface area contributed by atoms with E-state index in [1.54, 1.807) is 7.11 Å². The van der Waals surface area contributed by atoms with Gasteiger partial charge in [0.25, 0.3) is 0 Å². The molecule has 3 heterocycles. The summed E-state index contributed by atoms with van der Waals surface area (Å²) >= 11 is 3.61. The van der Waals surface area contributed by atoms with E-state index >= 15 is 0 Å². The molecular formula is C20H24BrN5O2. The molecule has 4 rings (SSSR count). The maximum Gasteiger partial charge on any atom is 0.240 e. The molecule has 0 spiro atoms. The van der Waals surface area contributed by atoms with Crippen molar-refractivity contribution in [1.82, 2.24) is 20.0 Å². The minimum Gasteiger partial charge on any atom is -0.377 e. The Balaban J connectivity index is 1.50. The lowest BCUT2D eigenvalue weighted by molar-refractivity contribution is 0.174. The Morgan fingerprint density at radius 2 is 1.93 bits per heavy atom. The van der Waals surface area contributed by atoms with Gasteiger partial charge >= 0.3 is 0 Å². The summed E-state index contributed by atoms with van der Waals surface area (Å²) in [6.45, 7) is 9.09. The Morgan fingerprint density at radius 3 is 2.68 bits per heavy atom. The van der Waals surface area contributed by atoms with Crippen LogP contribution in [-0.4, -0.2) is 53.3 Å². The van der Waals surface area contributed by atoms with Crippen molar-refractivity contribution in [2.24, 2.45) is 0 Å². The number of anilines is 1. The lowest BCUT2D eigenvalue weighted by atomic mass is 10.1. The second-order valence-electron chi connectivity index (χ2n) is 7.13. The summed E-state index contributed by atoms with van der Waals surface area (Å²) in [7, 11) is 1.63. The van der Waals surface area contributed by atoms with E-state index in [1.807, 2.05) is 6.07 Å². The standard InChI is InChI=1S/C20H24BrN5O2/c1-13-14(2)22-17-5-4-15(21)10-16(17)20(13)26-8-6-25(7-9-26)11-19-23-18(12-27-3)24-28-19/h4-5,10H,6-9,11-12H2,1-3H3. The molecule has 1 fully saturated rings. The number of hydrogen-bond donors (Lipinski definition) is 0. The third kappa shape index (κ3) is 3.90. The normalized spacial score (nSPS) is 15.5. The van der Waals surface area contributed by atoms with Crippen LogP contribution in [0.2, 0.25) is 0 Å².